The molecule has 8 heteroatoms. The predicted octanol–water partition coefficient (Wildman–Crippen LogP) is 3.57. The summed E-state index contributed by atoms with van der Waals surface area (Å²) < 4.78 is 10.8. The highest BCUT2D eigenvalue weighted by Gasteiger charge is 2.22. The molecular weight excluding hydrogens is 396 g/mol. The van der Waals surface area contributed by atoms with Crippen molar-refractivity contribution in [1.82, 2.24) is 0 Å². The van der Waals surface area contributed by atoms with Crippen molar-refractivity contribution >= 4 is 44.1 Å². The van der Waals surface area contributed by atoms with Gasteiger partial charge in [0.15, 0.2) is 6.10 Å². The van der Waals surface area contributed by atoms with E-state index in [0.717, 1.165) is 0 Å². The Bertz CT molecular complexity index is 813. The molecule has 0 saturated heterocycles. The van der Waals surface area contributed by atoms with Crippen molar-refractivity contribution in [3.8, 4) is 11.8 Å². The molecule has 24 heavy (non-hydrogen) atoms. The first-order valence-electron chi connectivity index (χ1n) is 6.79. The summed E-state index contributed by atoms with van der Waals surface area (Å²) in [6, 6.07) is 8.44. The van der Waals surface area contributed by atoms with Crippen LogP contribution in [0.15, 0.2) is 34.1 Å². The molecule has 2 aromatic rings. The lowest BCUT2D eigenvalue weighted by Gasteiger charge is -2.14. The minimum absolute atomic E-state index is 0.253. The van der Waals surface area contributed by atoms with Crippen molar-refractivity contribution in [2.24, 2.45) is 0 Å². The quantitative estimate of drug-likeness (QED) is 0.763. The van der Waals surface area contributed by atoms with Crippen LogP contribution in [0.4, 0.5) is 5.00 Å². The van der Waals surface area contributed by atoms with Crippen molar-refractivity contribution in [3.05, 3.63) is 45.2 Å². The van der Waals surface area contributed by atoms with Crippen LogP contribution >= 0.6 is 27.3 Å². The summed E-state index contributed by atoms with van der Waals surface area (Å²) in [6.45, 7) is 1.46. The van der Waals surface area contributed by atoms with Crippen LogP contribution in [-0.2, 0) is 9.53 Å². The molecule has 0 saturated carbocycles. The molecule has 0 aliphatic rings. The molecule has 2 rings (SSSR count). The zero-order valence-corrected chi connectivity index (χ0v) is 15.2. The maximum atomic E-state index is 12.2. The number of esters is 1. The van der Waals surface area contributed by atoms with Crippen molar-refractivity contribution in [3.63, 3.8) is 0 Å². The lowest BCUT2D eigenvalue weighted by atomic mass is 10.2. The Kier molecular flexibility index (Phi) is 5.95. The van der Waals surface area contributed by atoms with Gasteiger partial charge < -0.3 is 14.8 Å². The third-order valence-electron chi connectivity index (χ3n) is 3.07. The molecule has 1 amide bonds. The summed E-state index contributed by atoms with van der Waals surface area (Å²) in [6.07, 6.45) is -1.02. The van der Waals surface area contributed by atoms with Gasteiger partial charge in [0.1, 0.15) is 16.8 Å². The predicted molar refractivity (Wildman–Crippen MR) is 93.2 cm³/mol. The monoisotopic (exact) mass is 408 g/mol. The zero-order valence-electron chi connectivity index (χ0n) is 12.8. The molecule has 1 heterocycles. The number of benzene rings is 1. The molecule has 1 aromatic heterocycles. The van der Waals surface area contributed by atoms with E-state index in [-0.39, 0.29) is 5.56 Å². The molecule has 1 N–H and O–H groups in total. The summed E-state index contributed by atoms with van der Waals surface area (Å²) in [5, 5.41) is 13.6. The van der Waals surface area contributed by atoms with Gasteiger partial charge in [0, 0.05) is 4.47 Å². The molecule has 0 aliphatic carbocycles. The molecular formula is C16H13BrN2O4S. The van der Waals surface area contributed by atoms with Crippen LogP contribution in [-0.4, -0.2) is 25.1 Å². The Labute approximate surface area is 151 Å². The number of methoxy groups -OCH3 is 1. The number of nitrogens with zero attached hydrogens (tertiary/aromatic N) is 1. The second-order valence-electron chi connectivity index (χ2n) is 4.66. The van der Waals surface area contributed by atoms with Gasteiger partial charge in [0.25, 0.3) is 5.91 Å². The molecule has 1 atom stereocenters. The summed E-state index contributed by atoms with van der Waals surface area (Å²) in [5.41, 5.74) is 0.616. The van der Waals surface area contributed by atoms with E-state index in [4.69, 9.17) is 14.7 Å². The van der Waals surface area contributed by atoms with Crippen LogP contribution in [0.2, 0.25) is 0 Å². The third kappa shape index (κ3) is 4.13. The van der Waals surface area contributed by atoms with E-state index in [1.807, 2.05) is 6.07 Å². The Morgan fingerprint density at radius 3 is 2.79 bits per heavy atom. The Morgan fingerprint density at radius 1 is 1.38 bits per heavy atom. The minimum Gasteiger partial charge on any atom is -0.497 e. The number of nitrogens with one attached hydrogen (secondary N) is 1. The van der Waals surface area contributed by atoms with E-state index in [9.17, 15) is 9.59 Å². The van der Waals surface area contributed by atoms with Crippen LogP contribution in [0.3, 0.4) is 0 Å². The van der Waals surface area contributed by atoms with Gasteiger partial charge in [-0.25, -0.2) is 4.79 Å². The van der Waals surface area contributed by atoms with Gasteiger partial charge in [-0.05, 0) is 52.5 Å². The van der Waals surface area contributed by atoms with Gasteiger partial charge in [-0.1, -0.05) is 0 Å². The lowest BCUT2D eigenvalue weighted by molar-refractivity contribution is -0.123. The van der Waals surface area contributed by atoms with Gasteiger partial charge in [0.2, 0.25) is 0 Å². The Hall–Kier alpha value is -2.37. The summed E-state index contributed by atoms with van der Waals surface area (Å²) in [5.74, 6) is -0.670. The molecule has 0 radical (unpaired) electrons. The van der Waals surface area contributed by atoms with E-state index in [0.29, 0.717) is 20.8 Å². The van der Waals surface area contributed by atoms with Gasteiger partial charge in [-0.2, -0.15) is 5.26 Å². The topological polar surface area (TPSA) is 88.4 Å². The first-order valence-corrected chi connectivity index (χ1v) is 8.46. The Morgan fingerprint density at radius 2 is 2.12 bits per heavy atom. The fourth-order valence-electron chi connectivity index (χ4n) is 1.77. The molecule has 0 aliphatic heterocycles. The number of anilines is 1. The number of nitriles is 1. The number of carbonyl (C=O) groups is 2. The van der Waals surface area contributed by atoms with Crippen molar-refractivity contribution < 1.29 is 19.1 Å². The van der Waals surface area contributed by atoms with Crippen molar-refractivity contribution in [2.45, 2.75) is 13.0 Å². The maximum absolute atomic E-state index is 12.2. The van der Waals surface area contributed by atoms with E-state index in [1.54, 1.807) is 23.6 Å². The van der Waals surface area contributed by atoms with Crippen molar-refractivity contribution in [1.29, 1.82) is 5.26 Å². The third-order valence-corrected chi connectivity index (χ3v) is 4.59. The standard InChI is InChI=1S/C16H13BrN2O4S/c1-9(14(20)19-15-10(8-18)5-6-24-15)23-16(21)12-7-11(22-2)3-4-13(12)17/h3-7,9H,1-2H3,(H,19,20)/t9-/m1/s1. The average molecular weight is 409 g/mol. The molecule has 0 unspecified atom stereocenters. The Balaban J connectivity index is 2.06. The van der Waals surface area contributed by atoms with Crippen LogP contribution in [0.5, 0.6) is 5.75 Å². The minimum atomic E-state index is -1.02. The van der Waals surface area contributed by atoms with E-state index in [1.165, 1.54) is 31.4 Å². The number of carbonyl (C=O) groups excluding carboxylic acids is 2. The largest absolute Gasteiger partial charge is 0.497 e. The number of hydrogen-bond acceptors (Lipinski definition) is 6. The molecule has 6 nitrogen and oxygen atoms in total. The summed E-state index contributed by atoms with van der Waals surface area (Å²) in [7, 11) is 1.49. The number of thiophene rings is 1. The van der Waals surface area contributed by atoms with Crippen LogP contribution in [0.1, 0.15) is 22.8 Å². The second-order valence-corrected chi connectivity index (χ2v) is 6.43. The molecule has 1 aromatic carbocycles. The van der Waals surface area contributed by atoms with Gasteiger partial charge in [0.05, 0.1) is 18.2 Å². The smallest absolute Gasteiger partial charge is 0.340 e. The first-order chi connectivity index (χ1) is 11.5. The maximum Gasteiger partial charge on any atom is 0.340 e. The van der Waals surface area contributed by atoms with Gasteiger partial charge in [-0.15, -0.1) is 11.3 Å². The van der Waals surface area contributed by atoms with Gasteiger partial charge in [-0.3, -0.25) is 4.79 Å². The van der Waals surface area contributed by atoms with Crippen LogP contribution < -0.4 is 10.1 Å². The average Bonchev–Trinajstić information content (AvgIpc) is 3.02. The SMILES string of the molecule is COc1ccc(Br)c(C(=O)O[C@H](C)C(=O)Nc2sccc2C#N)c1. The fraction of sp³-hybridized carbons (Fsp3) is 0.188. The van der Waals surface area contributed by atoms with E-state index in [2.05, 4.69) is 21.2 Å². The van der Waals surface area contributed by atoms with E-state index < -0.39 is 18.0 Å². The van der Waals surface area contributed by atoms with Crippen molar-refractivity contribution in [2.75, 3.05) is 12.4 Å². The van der Waals surface area contributed by atoms with Crippen LogP contribution in [0, 0.1) is 11.3 Å². The molecule has 0 spiro atoms. The van der Waals surface area contributed by atoms with E-state index >= 15 is 0 Å². The number of halogens is 1. The highest BCUT2D eigenvalue weighted by atomic mass is 79.9. The zero-order chi connectivity index (χ0) is 17.7. The summed E-state index contributed by atoms with van der Waals surface area (Å²) in [4.78, 5) is 24.4. The number of hydrogen-bond donors (Lipinski definition) is 1. The molecule has 124 valence electrons. The molecule has 0 fully saturated rings. The molecule has 0 bridgehead atoms. The second kappa shape index (κ2) is 7.95. The number of ether oxygens (including phenoxy) is 2. The summed E-state index contributed by atoms with van der Waals surface area (Å²) >= 11 is 4.49. The lowest BCUT2D eigenvalue weighted by Crippen LogP contribution is -2.30. The highest BCUT2D eigenvalue weighted by Crippen LogP contribution is 2.25. The highest BCUT2D eigenvalue weighted by molar-refractivity contribution is 9.10. The number of rotatable bonds is 5. The van der Waals surface area contributed by atoms with Gasteiger partial charge >= 0.3 is 5.97 Å². The number of amides is 1. The van der Waals surface area contributed by atoms with Crippen LogP contribution in [0.25, 0.3) is 0 Å². The first kappa shape index (κ1) is 18.0. The fourth-order valence-corrected chi connectivity index (χ4v) is 2.92. The normalized spacial score (nSPS) is 11.2.